The number of benzene rings is 1. The standard InChI is InChI=1S/C21H20N2O6/c1-3-4-13-27-21(24)16-7-5-15(6-8-16)18-11-9-17(28-18)10-12-19-20(23(25)26)14(2)22-29-19/h5-12H,3-4,13H2,1-2H3. The van der Waals surface area contributed by atoms with Gasteiger partial charge < -0.3 is 13.7 Å². The maximum Gasteiger partial charge on any atom is 0.338 e. The molecule has 0 bridgehead atoms. The first-order chi connectivity index (χ1) is 14.0. The van der Waals surface area contributed by atoms with E-state index < -0.39 is 4.92 Å². The highest BCUT2D eigenvalue weighted by atomic mass is 16.6. The molecule has 0 atom stereocenters. The molecule has 8 nitrogen and oxygen atoms in total. The first-order valence-corrected chi connectivity index (χ1v) is 9.15. The molecule has 3 rings (SSSR count). The zero-order valence-corrected chi connectivity index (χ0v) is 16.1. The topological polar surface area (TPSA) is 109 Å². The van der Waals surface area contributed by atoms with Crippen LogP contribution in [0.15, 0.2) is 45.3 Å². The number of carbonyl (C=O) groups excluding carboxylic acids is 1. The number of rotatable bonds is 8. The van der Waals surface area contributed by atoms with Crippen LogP contribution in [0.2, 0.25) is 0 Å². The quantitative estimate of drug-likeness (QED) is 0.220. The summed E-state index contributed by atoms with van der Waals surface area (Å²) in [5.41, 5.74) is 1.30. The lowest BCUT2D eigenvalue weighted by Gasteiger charge is -2.04. The smallest absolute Gasteiger partial charge is 0.338 e. The molecule has 1 aromatic carbocycles. The largest absolute Gasteiger partial charge is 0.462 e. The highest BCUT2D eigenvalue weighted by Gasteiger charge is 2.22. The van der Waals surface area contributed by atoms with E-state index in [9.17, 15) is 14.9 Å². The minimum Gasteiger partial charge on any atom is -0.462 e. The number of unbranched alkanes of at least 4 members (excludes halogenated alkanes) is 1. The first kappa shape index (κ1) is 20.1. The van der Waals surface area contributed by atoms with E-state index >= 15 is 0 Å². The number of carbonyl (C=O) groups is 1. The number of nitro groups is 1. The molecule has 0 unspecified atom stereocenters. The van der Waals surface area contributed by atoms with Crippen molar-refractivity contribution in [2.24, 2.45) is 0 Å². The maximum atomic E-state index is 12.0. The first-order valence-electron chi connectivity index (χ1n) is 9.15. The van der Waals surface area contributed by atoms with Crippen LogP contribution in [0.3, 0.4) is 0 Å². The predicted octanol–water partition coefficient (Wildman–Crippen LogP) is 5.28. The van der Waals surface area contributed by atoms with Crippen molar-refractivity contribution in [3.8, 4) is 11.3 Å². The van der Waals surface area contributed by atoms with Crippen LogP contribution in [0.1, 0.15) is 47.3 Å². The third kappa shape index (κ3) is 4.78. The molecule has 0 spiro atoms. The molecular weight excluding hydrogens is 376 g/mol. The second-order valence-electron chi connectivity index (χ2n) is 6.34. The highest BCUT2D eigenvalue weighted by Crippen LogP contribution is 2.27. The maximum absolute atomic E-state index is 12.0. The third-order valence-electron chi connectivity index (χ3n) is 4.20. The lowest BCUT2D eigenvalue weighted by molar-refractivity contribution is -0.386. The van der Waals surface area contributed by atoms with Gasteiger partial charge in [-0.15, -0.1) is 0 Å². The number of ether oxygens (including phenoxy) is 1. The van der Waals surface area contributed by atoms with Crippen molar-refractivity contribution in [2.45, 2.75) is 26.7 Å². The molecule has 0 aliphatic heterocycles. The Morgan fingerprint density at radius 3 is 2.66 bits per heavy atom. The number of furan rings is 1. The zero-order valence-electron chi connectivity index (χ0n) is 16.1. The molecule has 0 radical (unpaired) electrons. The van der Waals surface area contributed by atoms with E-state index in [1.54, 1.807) is 42.5 Å². The molecule has 0 aliphatic rings. The fourth-order valence-corrected chi connectivity index (χ4v) is 2.63. The summed E-state index contributed by atoms with van der Waals surface area (Å²) in [5.74, 6) is 0.790. The molecule has 0 saturated heterocycles. The van der Waals surface area contributed by atoms with Crippen molar-refractivity contribution in [3.05, 3.63) is 69.3 Å². The van der Waals surface area contributed by atoms with Crippen LogP contribution in [0.25, 0.3) is 23.5 Å². The van der Waals surface area contributed by atoms with Crippen molar-refractivity contribution in [2.75, 3.05) is 6.61 Å². The number of aromatic nitrogens is 1. The summed E-state index contributed by atoms with van der Waals surface area (Å²) in [5, 5.41) is 14.7. The van der Waals surface area contributed by atoms with Gasteiger partial charge in [-0.3, -0.25) is 10.1 Å². The van der Waals surface area contributed by atoms with E-state index in [2.05, 4.69) is 5.16 Å². The van der Waals surface area contributed by atoms with Crippen molar-refractivity contribution in [1.29, 1.82) is 0 Å². The van der Waals surface area contributed by atoms with Crippen LogP contribution >= 0.6 is 0 Å². The van der Waals surface area contributed by atoms with Gasteiger partial charge in [-0.2, -0.15) is 0 Å². The minimum absolute atomic E-state index is 0.0522. The fraction of sp³-hybridized carbons (Fsp3) is 0.238. The van der Waals surface area contributed by atoms with E-state index in [4.69, 9.17) is 13.7 Å². The normalized spacial score (nSPS) is 11.1. The highest BCUT2D eigenvalue weighted by molar-refractivity contribution is 5.90. The van der Waals surface area contributed by atoms with Crippen LogP contribution < -0.4 is 0 Å². The fourth-order valence-electron chi connectivity index (χ4n) is 2.63. The number of hydrogen-bond acceptors (Lipinski definition) is 7. The molecule has 0 saturated carbocycles. The van der Waals surface area contributed by atoms with Crippen molar-refractivity contribution < 1.29 is 23.4 Å². The minimum atomic E-state index is -0.534. The van der Waals surface area contributed by atoms with E-state index in [0.29, 0.717) is 23.7 Å². The summed E-state index contributed by atoms with van der Waals surface area (Å²) in [7, 11) is 0. The summed E-state index contributed by atoms with van der Waals surface area (Å²) in [6, 6.07) is 10.4. The van der Waals surface area contributed by atoms with Gasteiger partial charge in [0.1, 0.15) is 11.5 Å². The van der Waals surface area contributed by atoms with Crippen LogP contribution in [0.5, 0.6) is 0 Å². The Morgan fingerprint density at radius 1 is 1.21 bits per heavy atom. The molecule has 0 amide bonds. The molecule has 0 aliphatic carbocycles. The van der Waals surface area contributed by atoms with Crippen LogP contribution in [0, 0.1) is 17.0 Å². The van der Waals surface area contributed by atoms with Crippen LogP contribution in [0.4, 0.5) is 5.69 Å². The van der Waals surface area contributed by atoms with E-state index in [1.807, 2.05) is 6.92 Å². The summed E-state index contributed by atoms with van der Waals surface area (Å²) in [6.07, 6.45) is 4.81. The number of esters is 1. The van der Waals surface area contributed by atoms with Gasteiger partial charge in [0.05, 0.1) is 17.1 Å². The molecule has 2 heterocycles. The molecular formula is C21H20N2O6. The lowest BCUT2D eigenvalue weighted by Crippen LogP contribution is -2.05. The van der Waals surface area contributed by atoms with E-state index in [0.717, 1.165) is 18.4 Å². The Labute approximate surface area is 166 Å². The van der Waals surface area contributed by atoms with Gasteiger partial charge in [-0.1, -0.05) is 30.6 Å². The Bertz CT molecular complexity index is 1030. The number of nitrogens with zero attached hydrogens (tertiary/aromatic N) is 2. The average Bonchev–Trinajstić information content (AvgIpc) is 3.33. The van der Waals surface area contributed by atoms with E-state index in [-0.39, 0.29) is 23.1 Å². The Kier molecular flexibility index (Phi) is 6.23. The zero-order chi connectivity index (χ0) is 20.8. The molecule has 8 heteroatoms. The second-order valence-corrected chi connectivity index (χ2v) is 6.34. The van der Waals surface area contributed by atoms with Crippen LogP contribution in [-0.2, 0) is 4.74 Å². The molecule has 3 aromatic rings. The van der Waals surface area contributed by atoms with Gasteiger partial charge in [0.25, 0.3) is 0 Å². The van der Waals surface area contributed by atoms with Gasteiger partial charge in [0, 0.05) is 5.56 Å². The lowest BCUT2D eigenvalue weighted by atomic mass is 10.1. The summed E-state index contributed by atoms with van der Waals surface area (Å²) in [4.78, 5) is 22.5. The summed E-state index contributed by atoms with van der Waals surface area (Å²) < 4.78 is 15.9. The SMILES string of the molecule is CCCCOC(=O)c1ccc(-c2ccc(C=Cc3onc(C)c3[N+](=O)[O-])o2)cc1. The summed E-state index contributed by atoms with van der Waals surface area (Å²) in [6.45, 7) is 3.95. The number of hydrogen-bond donors (Lipinski definition) is 0. The van der Waals surface area contributed by atoms with E-state index in [1.165, 1.54) is 13.0 Å². The molecule has 2 aromatic heterocycles. The third-order valence-corrected chi connectivity index (χ3v) is 4.20. The van der Waals surface area contributed by atoms with Crippen molar-refractivity contribution in [1.82, 2.24) is 5.16 Å². The van der Waals surface area contributed by atoms with Gasteiger partial charge in [0.15, 0.2) is 5.69 Å². The van der Waals surface area contributed by atoms with Gasteiger partial charge in [0.2, 0.25) is 5.76 Å². The number of aryl methyl sites for hydroxylation is 1. The monoisotopic (exact) mass is 396 g/mol. The second kappa shape index (κ2) is 9.01. The van der Waals surface area contributed by atoms with Crippen LogP contribution in [-0.4, -0.2) is 22.7 Å². The Balaban J connectivity index is 1.70. The average molecular weight is 396 g/mol. The van der Waals surface area contributed by atoms with Crippen molar-refractivity contribution in [3.63, 3.8) is 0 Å². The Hall–Kier alpha value is -3.68. The van der Waals surface area contributed by atoms with Gasteiger partial charge >= 0.3 is 11.7 Å². The van der Waals surface area contributed by atoms with Gasteiger partial charge in [-0.25, -0.2) is 4.79 Å². The summed E-state index contributed by atoms with van der Waals surface area (Å²) >= 11 is 0. The molecule has 29 heavy (non-hydrogen) atoms. The molecule has 0 N–H and O–H groups in total. The molecule has 0 fully saturated rings. The van der Waals surface area contributed by atoms with Gasteiger partial charge in [-0.05, 0) is 49.8 Å². The molecule has 150 valence electrons. The van der Waals surface area contributed by atoms with Crippen molar-refractivity contribution >= 4 is 23.8 Å². The predicted molar refractivity (Wildman–Crippen MR) is 106 cm³/mol. The Morgan fingerprint density at radius 2 is 1.97 bits per heavy atom.